The lowest BCUT2D eigenvalue weighted by Gasteiger charge is -2.23. The van der Waals surface area contributed by atoms with Crippen molar-refractivity contribution in [3.63, 3.8) is 0 Å². The van der Waals surface area contributed by atoms with E-state index >= 15 is 0 Å². The van der Waals surface area contributed by atoms with E-state index in [4.69, 9.17) is 0 Å². The minimum atomic E-state index is -0.353. The molecular weight excluding hydrogens is 232 g/mol. The van der Waals surface area contributed by atoms with E-state index in [0.717, 1.165) is 18.5 Å². The maximum absolute atomic E-state index is 10.6. The number of amidine groups is 1. The van der Waals surface area contributed by atoms with Gasteiger partial charge in [0.05, 0.1) is 0 Å². The van der Waals surface area contributed by atoms with Crippen LogP contribution in [0, 0.1) is 10.1 Å². The lowest BCUT2D eigenvalue weighted by atomic mass is 10.2. The third-order valence-electron chi connectivity index (χ3n) is 2.48. The van der Waals surface area contributed by atoms with Crippen LogP contribution in [0.25, 0.3) is 0 Å². The lowest BCUT2D eigenvalue weighted by molar-refractivity contribution is -0.464. The average molecular weight is 250 g/mol. The molecule has 0 spiro atoms. The van der Waals surface area contributed by atoms with E-state index in [2.05, 4.69) is 9.98 Å². The van der Waals surface area contributed by atoms with Gasteiger partial charge in [-0.3, -0.25) is 20.1 Å². The summed E-state index contributed by atoms with van der Waals surface area (Å²) in [6.45, 7) is 3.14. The molecule has 0 saturated carbocycles. The number of pyridine rings is 1. The summed E-state index contributed by atoms with van der Waals surface area (Å²) >= 11 is 0. The summed E-state index contributed by atoms with van der Waals surface area (Å²) in [4.78, 5) is 20.3. The molecule has 0 saturated heterocycles. The molecule has 0 radical (unpaired) electrons. The van der Waals surface area contributed by atoms with Gasteiger partial charge in [0.25, 0.3) is 6.54 Å². The zero-order valence-electron chi connectivity index (χ0n) is 10.7. The van der Waals surface area contributed by atoms with Crippen LogP contribution in [0.15, 0.2) is 29.5 Å². The standard InChI is InChI=1S/C12H18N4O2/c1-3-7-15(12(13-2)10-16(17)18)9-11-5-4-6-14-8-11/h4-6,8H,3,7,9-10H2,1-2H3. The maximum atomic E-state index is 10.6. The highest BCUT2D eigenvalue weighted by Gasteiger charge is 2.15. The first kappa shape index (κ1) is 14.1. The van der Waals surface area contributed by atoms with E-state index in [1.165, 1.54) is 0 Å². The van der Waals surface area contributed by atoms with Gasteiger partial charge in [-0.05, 0) is 18.1 Å². The smallest absolute Gasteiger partial charge is 0.260 e. The summed E-state index contributed by atoms with van der Waals surface area (Å²) in [5.74, 6) is 0.505. The van der Waals surface area contributed by atoms with Gasteiger partial charge >= 0.3 is 0 Å². The van der Waals surface area contributed by atoms with E-state index in [0.29, 0.717) is 12.4 Å². The Morgan fingerprint density at radius 1 is 1.61 bits per heavy atom. The number of nitro groups is 1. The van der Waals surface area contributed by atoms with Crippen LogP contribution in [0.1, 0.15) is 18.9 Å². The molecule has 6 heteroatoms. The van der Waals surface area contributed by atoms with Crippen LogP contribution in [-0.2, 0) is 6.54 Å². The van der Waals surface area contributed by atoms with Gasteiger partial charge in [0.2, 0.25) is 0 Å². The predicted octanol–water partition coefficient (Wildman–Crippen LogP) is 1.60. The zero-order valence-corrected chi connectivity index (χ0v) is 10.7. The van der Waals surface area contributed by atoms with E-state index in [1.807, 2.05) is 24.0 Å². The van der Waals surface area contributed by atoms with Crippen molar-refractivity contribution in [2.75, 3.05) is 20.1 Å². The predicted molar refractivity (Wildman–Crippen MR) is 70.2 cm³/mol. The van der Waals surface area contributed by atoms with Crippen LogP contribution in [0.4, 0.5) is 0 Å². The minimum Gasteiger partial charge on any atom is -0.351 e. The van der Waals surface area contributed by atoms with E-state index in [9.17, 15) is 10.1 Å². The maximum Gasteiger partial charge on any atom is 0.260 e. The molecule has 0 bridgehead atoms. The van der Waals surface area contributed by atoms with Crippen molar-refractivity contribution in [2.24, 2.45) is 4.99 Å². The molecule has 1 heterocycles. The Labute approximate surface area is 107 Å². The first-order valence-corrected chi connectivity index (χ1v) is 5.88. The van der Waals surface area contributed by atoms with Crippen molar-refractivity contribution in [3.05, 3.63) is 40.2 Å². The molecule has 1 aromatic heterocycles. The van der Waals surface area contributed by atoms with Gasteiger partial charge in [0, 0.05) is 37.5 Å². The largest absolute Gasteiger partial charge is 0.351 e. The third-order valence-corrected chi connectivity index (χ3v) is 2.48. The van der Waals surface area contributed by atoms with Gasteiger partial charge in [-0.1, -0.05) is 13.0 Å². The molecule has 0 amide bonds. The van der Waals surface area contributed by atoms with Gasteiger partial charge in [-0.25, -0.2) is 0 Å². The second kappa shape index (κ2) is 7.37. The lowest BCUT2D eigenvalue weighted by Crippen LogP contribution is -2.36. The monoisotopic (exact) mass is 250 g/mol. The van der Waals surface area contributed by atoms with Crippen LogP contribution < -0.4 is 0 Å². The molecule has 6 nitrogen and oxygen atoms in total. The Bertz CT molecular complexity index is 406. The molecule has 0 aliphatic heterocycles. The molecule has 0 unspecified atom stereocenters. The summed E-state index contributed by atoms with van der Waals surface area (Å²) < 4.78 is 0. The molecule has 0 aliphatic carbocycles. The van der Waals surface area contributed by atoms with Crippen molar-refractivity contribution in [3.8, 4) is 0 Å². The molecule has 18 heavy (non-hydrogen) atoms. The third kappa shape index (κ3) is 4.48. The topological polar surface area (TPSA) is 71.6 Å². The molecule has 0 fully saturated rings. The zero-order chi connectivity index (χ0) is 13.4. The Kier molecular flexibility index (Phi) is 5.76. The van der Waals surface area contributed by atoms with Crippen LogP contribution in [0.2, 0.25) is 0 Å². The van der Waals surface area contributed by atoms with Gasteiger partial charge < -0.3 is 4.90 Å². The number of aromatic nitrogens is 1. The number of aliphatic imine (C=N–C) groups is 1. The summed E-state index contributed by atoms with van der Waals surface area (Å²) in [7, 11) is 1.59. The van der Waals surface area contributed by atoms with Gasteiger partial charge in [0.1, 0.15) is 0 Å². The van der Waals surface area contributed by atoms with Gasteiger partial charge in [-0.2, -0.15) is 0 Å². The minimum absolute atomic E-state index is 0.239. The first-order chi connectivity index (χ1) is 8.67. The molecule has 1 aromatic rings. The van der Waals surface area contributed by atoms with Crippen LogP contribution in [0.5, 0.6) is 0 Å². The number of nitrogens with zero attached hydrogens (tertiary/aromatic N) is 4. The van der Waals surface area contributed by atoms with Crippen molar-refractivity contribution >= 4 is 5.84 Å². The Morgan fingerprint density at radius 2 is 2.39 bits per heavy atom. The number of rotatable bonds is 6. The molecule has 98 valence electrons. The fraction of sp³-hybridized carbons (Fsp3) is 0.500. The fourth-order valence-electron chi connectivity index (χ4n) is 1.71. The highest BCUT2D eigenvalue weighted by molar-refractivity contribution is 5.83. The molecule has 0 N–H and O–H groups in total. The highest BCUT2D eigenvalue weighted by Crippen LogP contribution is 2.05. The summed E-state index contributed by atoms with van der Waals surface area (Å²) in [5, 5.41) is 10.6. The van der Waals surface area contributed by atoms with E-state index in [1.54, 1.807) is 19.4 Å². The van der Waals surface area contributed by atoms with Crippen molar-refractivity contribution < 1.29 is 4.92 Å². The van der Waals surface area contributed by atoms with Gasteiger partial charge in [0.15, 0.2) is 5.84 Å². The molecule has 0 atom stereocenters. The number of hydrogen-bond acceptors (Lipinski definition) is 4. The van der Waals surface area contributed by atoms with E-state index in [-0.39, 0.29) is 11.5 Å². The normalized spacial score (nSPS) is 11.3. The second-order valence-electron chi connectivity index (χ2n) is 3.91. The quantitative estimate of drug-likeness (QED) is 0.333. The fourth-order valence-corrected chi connectivity index (χ4v) is 1.71. The Morgan fingerprint density at radius 3 is 2.89 bits per heavy atom. The van der Waals surface area contributed by atoms with Crippen molar-refractivity contribution in [2.45, 2.75) is 19.9 Å². The molecular formula is C12H18N4O2. The summed E-state index contributed by atoms with van der Waals surface area (Å²) in [6.07, 6.45) is 4.39. The van der Waals surface area contributed by atoms with Crippen LogP contribution >= 0.6 is 0 Å². The van der Waals surface area contributed by atoms with Crippen molar-refractivity contribution in [1.29, 1.82) is 0 Å². The van der Waals surface area contributed by atoms with E-state index < -0.39 is 0 Å². The first-order valence-electron chi connectivity index (χ1n) is 5.88. The molecule has 0 aliphatic rings. The van der Waals surface area contributed by atoms with Crippen LogP contribution in [-0.4, -0.2) is 40.8 Å². The average Bonchev–Trinajstić information content (AvgIpc) is 2.36. The summed E-state index contributed by atoms with van der Waals surface area (Å²) in [5.41, 5.74) is 1.02. The number of hydrogen-bond donors (Lipinski definition) is 0. The van der Waals surface area contributed by atoms with Gasteiger partial charge in [-0.15, -0.1) is 0 Å². The SMILES string of the molecule is CCCN(Cc1cccnc1)C(C[N+](=O)[O-])=NC. The van der Waals surface area contributed by atoms with Crippen molar-refractivity contribution in [1.82, 2.24) is 9.88 Å². The molecule has 0 aromatic carbocycles. The Hall–Kier alpha value is -1.98. The van der Waals surface area contributed by atoms with Crippen LogP contribution in [0.3, 0.4) is 0 Å². The summed E-state index contributed by atoms with van der Waals surface area (Å²) in [6, 6.07) is 3.81. The second-order valence-corrected chi connectivity index (χ2v) is 3.91. The molecule has 1 rings (SSSR count). The Balaban J connectivity index is 2.78. The highest BCUT2D eigenvalue weighted by atomic mass is 16.6.